The molecule has 0 radical (unpaired) electrons. The third-order valence-electron chi connectivity index (χ3n) is 4.90. The second-order valence-electron chi connectivity index (χ2n) is 6.23. The molecule has 0 aromatic rings. The van der Waals surface area contributed by atoms with Crippen molar-refractivity contribution in [2.45, 2.75) is 71.3 Å². The van der Waals surface area contributed by atoms with Gasteiger partial charge >= 0.3 is 0 Å². The molecule has 2 aliphatic carbocycles. The van der Waals surface area contributed by atoms with E-state index in [9.17, 15) is 4.79 Å². The molecule has 3 atom stereocenters. The van der Waals surface area contributed by atoms with Gasteiger partial charge < -0.3 is 4.90 Å². The van der Waals surface area contributed by atoms with Crippen molar-refractivity contribution in [2.24, 2.45) is 11.8 Å². The van der Waals surface area contributed by atoms with Crippen molar-refractivity contribution < 1.29 is 4.79 Å². The Morgan fingerprint density at radius 1 is 1.11 bits per heavy atom. The van der Waals surface area contributed by atoms with Crippen molar-refractivity contribution in [3.8, 4) is 0 Å². The lowest BCUT2D eigenvalue weighted by molar-refractivity contribution is -0.128. The number of hydrogen-bond donors (Lipinski definition) is 0. The molecule has 112 valence electrons. The SMILES string of the molecule is CCCN(CCC)C1CCC2C(=O)CCCC2C1.Cl. The van der Waals surface area contributed by atoms with Gasteiger partial charge in [0.25, 0.3) is 0 Å². The quantitative estimate of drug-likeness (QED) is 0.760. The van der Waals surface area contributed by atoms with Crippen LogP contribution in [0.2, 0.25) is 0 Å². The first-order valence-electron chi connectivity index (χ1n) is 8.03. The molecular formula is C16H30ClNO. The second kappa shape index (κ2) is 8.26. The van der Waals surface area contributed by atoms with E-state index in [1.807, 2.05) is 0 Å². The fraction of sp³-hybridized carbons (Fsp3) is 0.938. The highest BCUT2D eigenvalue weighted by molar-refractivity contribution is 5.85. The summed E-state index contributed by atoms with van der Waals surface area (Å²) in [5, 5.41) is 0. The fourth-order valence-corrected chi connectivity index (χ4v) is 4.09. The minimum Gasteiger partial charge on any atom is -0.300 e. The summed E-state index contributed by atoms with van der Waals surface area (Å²) >= 11 is 0. The third-order valence-corrected chi connectivity index (χ3v) is 4.90. The summed E-state index contributed by atoms with van der Waals surface area (Å²) < 4.78 is 0. The summed E-state index contributed by atoms with van der Waals surface area (Å²) in [6.07, 6.45) is 9.53. The minimum absolute atomic E-state index is 0. The van der Waals surface area contributed by atoms with Crippen LogP contribution in [0.4, 0.5) is 0 Å². The number of halogens is 1. The number of fused-ring (bicyclic) bond motifs is 1. The monoisotopic (exact) mass is 287 g/mol. The molecule has 2 fully saturated rings. The molecule has 2 nitrogen and oxygen atoms in total. The van der Waals surface area contributed by atoms with E-state index >= 15 is 0 Å². The topological polar surface area (TPSA) is 20.3 Å². The van der Waals surface area contributed by atoms with Crippen LogP contribution in [0.3, 0.4) is 0 Å². The zero-order chi connectivity index (χ0) is 13.0. The molecule has 0 amide bonds. The molecule has 0 heterocycles. The number of ketones is 1. The van der Waals surface area contributed by atoms with Crippen molar-refractivity contribution >= 4 is 18.2 Å². The number of hydrogen-bond acceptors (Lipinski definition) is 2. The molecule has 19 heavy (non-hydrogen) atoms. The zero-order valence-corrected chi connectivity index (χ0v) is 13.4. The molecule has 0 aromatic carbocycles. The van der Waals surface area contributed by atoms with Gasteiger partial charge in [-0.2, -0.15) is 0 Å². The summed E-state index contributed by atoms with van der Waals surface area (Å²) in [6, 6.07) is 0.761. The summed E-state index contributed by atoms with van der Waals surface area (Å²) in [6.45, 7) is 7.03. The van der Waals surface area contributed by atoms with Gasteiger partial charge in [-0.15, -0.1) is 12.4 Å². The van der Waals surface area contributed by atoms with Crippen molar-refractivity contribution in [3.05, 3.63) is 0 Å². The smallest absolute Gasteiger partial charge is 0.136 e. The van der Waals surface area contributed by atoms with E-state index in [4.69, 9.17) is 0 Å². The second-order valence-corrected chi connectivity index (χ2v) is 6.23. The predicted molar refractivity (Wildman–Crippen MR) is 82.9 cm³/mol. The maximum absolute atomic E-state index is 11.9. The maximum atomic E-state index is 11.9. The van der Waals surface area contributed by atoms with Crippen LogP contribution in [0.15, 0.2) is 0 Å². The van der Waals surface area contributed by atoms with Gasteiger partial charge in [0.2, 0.25) is 0 Å². The molecule has 0 spiro atoms. The van der Waals surface area contributed by atoms with Gasteiger partial charge in [0.1, 0.15) is 5.78 Å². The highest BCUT2D eigenvalue weighted by Crippen LogP contribution is 2.40. The predicted octanol–water partition coefficient (Wildman–Crippen LogP) is 4.07. The first-order valence-corrected chi connectivity index (χ1v) is 8.03. The Hall–Kier alpha value is -0.0800. The Bertz CT molecular complexity index is 276. The number of carbonyl (C=O) groups is 1. The average molecular weight is 288 g/mol. The molecule has 2 rings (SSSR count). The van der Waals surface area contributed by atoms with Crippen LogP contribution in [-0.4, -0.2) is 29.8 Å². The molecule has 0 saturated heterocycles. The standard InChI is InChI=1S/C16H29NO.ClH/c1-3-10-17(11-4-2)14-8-9-15-13(12-14)6-5-7-16(15)18;/h13-15H,3-12H2,1-2H3;1H. The minimum atomic E-state index is 0. The molecule has 0 aromatic heterocycles. The van der Waals surface area contributed by atoms with Crippen LogP contribution in [0.1, 0.15) is 65.2 Å². The maximum Gasteiger partial charge on any atom is 0.136 e. The Balaban J connectivity index is 0.00000180. The molecular weight excluding hydrogens is 258 g/mol. The lowest BCUT2D eigenvalue weighted by Gasteiger charge is -2.42. The normalized spacial score (nSPS) is 30.9. The van der Waals surface area contributed by atoms with E-state index in [0.717, 1.165) is 25.3 Å². The largest absolute Gasteiger partial charge is 0.300 e. The zero-order valence-electron chi connectivity index (χ0n) is 12.6. The molecule has 0 bridgehead atoms. The van der Waals surface area contributed by atoms with E-state index < -0.39 is 0 Å². The van der Waals surface area contributed by atoms with Gasteiger partial charge in [0, 0.05) is 18.4 Å². The molecule has 3 heteroatoms. The van der Waals surface area contributed by atoms with Crippen LogP contribution < -0.4 is 0 Å². The van der Waals surface area contributed by atoms with Gasteiger partial charge in [-0.05, 0) is 64.0 Å². The van der Waals surface area contributed by atoms with E-state index in [1.165, 1.54) is 45.2 Å². The van der Waals surface area contributed by atoms with Gasteiger partial charge in [0.05, 0.1) is 0 Å². The van der Waals surface area contributed by atoms with Gasteiger partial charge in [-0.3, -0.25) is 4.79 Å². The number of Topliss-reactive ketones (excluding diaryl/α,β-unsaturated/α-hetero) is 1. The van der Waals surface area contributed by atoms with Crippen molar-refractivity contribution in [1.82, 2.24) is 4.90 Å². The van der Waals surface area contributed by atoms with Crippen LogP contribution in [0, 0.1) is 11.8 Å². The molecule has 0 N–H and O–H groups in total. The van der Waals surface area contributed by atoms with Crippen LogP contribution in [0.5, 0.6) is 0 Å². The fourth-order valence-electron chi connectivity index (χ4n) is 4.09. The lowest BCUT2D eigenvalue weighted by Crippen LogP contribution is -2.44. The first-order chi connectivity index (χ1) is 8.76. The molecule has 2 aliphatic rings. The summed E-state index contributed by atoms with van der Waals surface area (Å²) in [7, 11) is 0. The van der Waals surface area contributed by atoms with Gasteiger partial charge in [-0.25, -0.2) is 0 Å². The van der Waals surface area contributed by atoms with Gasteiger partial charge in [0.15, 0.2) is 0 Å². The molecule has 2 saturated carbocycles. The summed E-state index contributed by atoms with van der Waals surface area (Å²) in [4.78, 5) is 14.6. The van der Waals surface area contributed by atoms with Crippen LogP contribution in [0.25, 0.3) is 0 Å². The summed E-state index contributed by atoms with van der Waals surface area (Å²) in [5.41, 5.74) is 0. The third kappa shape index (κ3) is 4.19. The Morgan fingerprint density at radius 3 is 2.42 bits per heavy atom. The average Bonchev–Trinajstić information content (AvgIpc) is 2.38. The molecule has 0 aliphatic heterocycles. The van der Waals surface area contributed by atoms with Gasteiger partial charge in [-0.1, -0.05) is 13.8 Å². The van der Waals surface area contributed by atoms with E-state index in [1.54, 1.807) is 0 Å². The number of carbonyl (C=O) groups excluding carboxylic acids is 1. The molecule has 3 unspecified atom stereocenters. The van der Waals surface area contributed by atoms with Crippen molar-refractivity contribution in [1.29, 1.82) is 0 Å². The number of rotatable bonds is 5. The number of nitrogens with zero attached hydrogens (tertiary/aromatic N) is 1. The lowest BCUT2D eigenvalue weighted by atomic mass is 9.68. The van der Waals surface area contributed by atoms with E-state index in [-0.39, 0.29) is 12.4 Å². The highest BCUT2D eigenvalue weighted by Gasteiger charge is 2.38. The summed E-state index contributed by atoms with van der Waals surface area (Å²) in [5.74, 6) is 1.71. The Labute approximate surface area is 124 Å². The highest BCUT2D eigenvalue weighted by atomic mass is 35.5. The van der Waals surface area contributed by atoms with Crippen LogP contribution in [-0.2, 0) is 4.79 Å². The van der Waals surface area contributed by atoms with E-state index in [2.05, 4.69) is 18.7 Å². The Morgan fingerprint density at radius 2 is 1.79 bits per heavy atom. The Kier molecular flexibility index (Phi) is 7.38. The van der Waals surface area contributed by atoms with Crippen molar-refractivity contribution in [3.63, 3.8) is 0 Å². The van der Waals surface area contributed by atoms with Crippen LogP contribution >= 0.6 is 12.4 Å². The van der Waals surface area contributed by atoms with E-state index in [0.29, 0.717) is 17.6 Å². The van der Waals surface area contributed by atoms with Crippen molar-refractivity contribution in [2.75, 3.05) is 13.1 Å². The first kappa shape index (κ1) is 17.0.